The maximum absolute atomic E-state index is 14.0. The highest BCUT2D eigenvalue weighted by atomic mass is 35.5. The minimum Gasteiger partial charge on any atom is -0.350 e. The average molecular weight is 584 g/mol. The van der Waals surface area contributed by atoms with Crippen molar-refractivity contribution >= 4 is 39.1 Å². The summed E-state index contributed by atoms with van der Waals surface area (Å²) in [5, 5.41) is 3.31. The van der Waals surface area contributed by atoms with Gasteiger partial charge in [-0.2, -0.15) is 0 Å². The van der Waals surface area contributed by atoms with E-state index in [4.69, 9.17) is 11.6 Å². The maximum Gasteiger partial charge on any atom is 0.264 e. The summed E-state index contributed by atoms with van der Waals surface area (Å²) in [6, 6.07) is 18.1. The van der Waals surface area contributed by atoms with Crippen molar-refractivity contribution in [1.29, 1.82) is 0 Å². The molecule has 3 aromatic rings. The summed E-state index contributed by atoms with van der Waals surface area (Å²) in [6.07, 6.45) is 0. The fourth-order valence-corrected chi connectivity index (χ4v) is 5.71. The molecule has 0 radical (unpaired) electrons. The van der Waals surface area contributed by atoms with Gasteiger partial charge in [0.05, 0.1) is 10.6 Å². The Hall–Kier alpha value is -3.36. The van der Waals surface area contributed by atoms with Crippen LogP contribution in [0.5, 0.6) is 0 Å². The Morgan fingerprint density at radius 3 is 2.12 bits per heavy atom. The maximum atomic E-state index is 14.0. The van der Waals surface area contributed by atoms with E-state index in [1.807, 2.05) is 65.8 Å². The van der Waals surface area contributed by atoms with Crippen molar-refractivity contribution in [2.45, 2.75) is 71.5 Å². The van der Waals surface area contributed by atoms with Gasteiger partial charge in [0.15, 0.2) is 0 Å². The van der Waals surface area contributed by atoms with E-state index >= 15 is 0 Å². The number of benzene rings is 3. The SMILES string of the molecule is Cc1ccc(S(=O)(=O)N(CC(=O)N(Cc2ccccc2C)[C@H](C)C(=O)NC(C)(C)C)c2ccc(C)c(Cl)c2)cc1. The molecule has 0 fully saturated rings. The van der Waals surface area contributed by atoms with Crippen LogP contribution in [-0.2, 0) is 26.2 Å². The van der Waals surface area contributed by atoms with Gasteiger partial charge in [-0.25, -0.2) is 8.42 Å². The van der Waals surface area contributed by atoms with Crippen LogP contribution < -0.4 is 9.62 Å². The summed E-state index contributed by atoms with van der Waals surface area (Å²) in [4.78, 5) is 28.7. The van der Waals surface area contributed by atoms with E-state index < -0.39 is 34.1 Å². The summed E-state index contributed by atoms with van der Waals surface area (Å²) in [7, 11) is -4.16. The molecule has 1 N–H and O–H groups in total. The second kappa shape index (κ2) is 12.4. The van der Waals surface area contributed by atoms with Crippen LogP contribution in [0.4, 0.5) is 5.69 Å². The van der Waals surface area contributed by atoms with Crippen molar-refractivity contribution < 1.29 is 18.0 Å². The van der Waals surface area contributed by atoms with Gasteiger partial charge < -0.3 is 10.2 Å². The molecule has 0 aromatic heterocycles. The van der Waals surface area contributed by atoms with E-state index in [-0.39, 0.29) is 23.0 Å². The molecule has 0 spiro atoms. The van der Waals surface area contributed by atoms with Crippen LogP contribution in [0, 0.1) is 20.8 Å². The van der Waals surface area contributed by atoms with Crippen LogP contribution in [0.3, 0.4) is 0 Å². The Bertz CT molecular complexity index is 1480. The lowest BCUT2D eigenvalue weighted by molar-refractivity contribution is -0.140. The molecule has 7 nitrogen and oxygen atoms in total. The lowest BCUT2D eigenvalue weighted by Gasteiger charge is -2.34. The molecule has 3 rings (SSSR count). The number of nitrogens with one attached hydrogen (secondary N) is 1. The minimum absolute atomic E-state index is 0.0478. The van der Waals surface area contributed by atoms with Gasteiger partial charge in [-0.1, -0.05) is 59.6 Å². The first-order valence-electron chi connectivity index (χ1n) is 13.1. The highest BCUT2D eigenvalue weighted by molar-refractivity contribution is 7.92. The number of aryl methyl sites for hydroxylation is 3. The molecule has 40 heavy (non-hydrogen) atoms. The lowest BCUT2D eigenvalue weighted by Crippen LogP contribution is -2.54. The summed E-state index contributed by atoms with van der Waals surface area (Å²) in [5.74, 6) is -0.854. The van der Waals surface area contributed by atoms with Crippen molar-refractivity contribution in [3.05, 3.63) is 94.0 Å². The zero-order chi connectivity index (χ0) is 29.8. The molecule has 214 valence electrons. The number of carbonyl (C=O) groups is 2. The Morgan fingerprint density at radius 2 is 1.55 bits per heavy atom. The number of hydrogen-bond donors (Lipinski definition) is 1. The number of carbonyl (C=O) groups excluding carboxylic acids is 2. The largest absolute Gasteiger partial charge is 0.350 e. The van der Waals surface area contributed by atoms with Crippen LogP contribution in [0.1, 0.15) is 49.9 Å². The minimum atomic E-state index is -4.16. The zero-order valence-corrected chi connectivity index (χ0v) is 25.7. The average Bonchev–Trinajstić information content (AvgIpc) is 2.87. The number of halogens is 1. The molecule has 0 bridgehead atoms. The number of rotatable bonds is 9. The molecule has 0 saturated heterocycles. The van der Waals surface area contributed by atoms with Gasteiger partial charge >= 0.3 is 0 Å². The first-order valence-corrected chi connectivity index (χ1v) is 14.9. The third kappa shape index (κ3) is 7.64. The van der Waals surface area contributed by atoms with Crippen molar-refractivity contribution in [3.63, 3.8) is 0 Å². The molecule has 0 unspecified atom stereocenters. The molecule has 9 heteroatoms. The van der Waals surface area contributed by atoms with Crippen molar-refractivity contribution in [3.8, 4) is 0 Å². The van der Waals surface area contributed by atoms with E-state index in [0.717, 1.165) is 26.6 Å². The van der Waals surface area contributed by atoms with Crippen LogP contribution in [-0.4, -0.2) is 43.3 Å². The second-order valence-corrected chi connectivity index (χ2v) is 13.4. The molecule has 0 aliphatic carbocycles. The van der Waals surface area contributed by atoms with E-state index in [0.29, 0.717) is 5.02 Å². The predicted molar refractivity (Wildman–Crippen MR) is 161 cm³/mol. The highest BCUT2D eigenvalue weighted by Crippen LogP contribution is 2.29. The first-order chi connectivity index (χ1) is 18.6. The van der Waals surface area contributed by atoms with Crippen LogP contribution in [0.25, 0.3) is 0 Å². The smallest absolute Gasteiger partial charge is 0.264 e. The molecule has 0 aliphatic rings. The molecule has 3 aromatic carbocycles. The lowest BCUT2D eigenvalue weighted by atomic mass is 10.1. The van der Waals surface area contributed by atoms with Crippen LogP contribution >= 0.6 is 11.6 Å². The van der Waals surface area contributed by atoms with E-state index in [1.165, 1.54) is 23.1 Å². The van der Waals surface area contributed by atoms with Crippen LogP contribution in [0.15, 0.2) is 71.6 Å². The fraction of sp³-hybridized carbons (Fsp3) is 0.355. The highest BCUT2D eigenvalue weighted by Gasteiger charge is 2.33. The van der Waals surface area contributed by atoms with Crippen LogP contribution in [0.2, 0.25) is 5.02 Å². The number of anilines is 1. The van der Waals surface area contributed by atoms with Gasteiger partial charge in [0.2, 0.25) is 11.8 Å². The Morgan fingerprint density at radius 1 is 0.925 bits per heavy atom. The first kappa shape index (κ1) is 31.2. The molecule has 0 aliphatic heterocycles. The molecular weight excluding hydrogens is 546 g/mol. The molecule has 1 atom stereocenters. The number of sulfonamides is 1. The van der Waals surface area contributed by atoms with Gasteiger partial charge in [-0.15, -0.1) is 0 Å². The Kier molecular flexibility index (Phi) is 9.69. The number of nitrogens with zero attached hydrogens (tertiary/aromatic N) is 2. The molecule has 0 saturated carbocycles. The molecular formula is C31H38ClN3O4S. The van der Waals surface area contributed by atoms with E-state index in [2.05, 4.69) is 5.32 Å². The van der Waals surface area contributed by atoms with Gasteiger partial charge in [0, 0.05) is 17.1 Å². The van der Waals surface area contributed by atoms with Crippen molar-refractivity contribution in [2.75, 3.05) is 10.8 Å². The Labute approximate surface area is 243 Å². The van der Waals surface area contributed by atoms with Crippen molar-refractivity contribution in [2.24, 2.45) is 0 Å². The number of amides is 2. The summed E-state index contributed by atoms with van der Waals surface area (Å²) >= 11 is 6.38. The topological polar surface area (TPSA) is 86.8 Å². The third-order valence-corrected chi connectivity index (χ3v) is 8.79. The number of hydrogen-bond acceptors (Lipinski definition) is 4. The molecule has 2 amide bonds. The normalized spacial score (nSPS) is 12.5. The molecule has 0 heterocycles. The van der Waals surface area contributed by atoms with Gasteiger partial charge in [0.1, 0.15) is 12.6 Å². The summed E-state index contributed by atoms with van der Waals surface area (Å²) < 4.78 is 28.9. The Balaban J connectivity index is 2.08. The van der Waals surface area contributed by atoms with Gasteiger partial charge in [0.25, 0.3) is 10.0 Å². The monoisotopic (exact) mass is 583 g/mol. The van der Waals surface area contributed by atoms with E-state index in [9.17, 15) is 18.0 Å². The summed E-state index contributed by atoms with van der Waals surface area (Å²) in [6.45, 7) is 12.5. The van der Waals surface area contributed by atoms with Gasteiger partial charge in [-0.3, -0.25) is 13.9 Å². The third-order valence-electron chi connectivity index (χ3n) is 6.60. The van der Waals surface area contributed by atoms with E-state index in [1.54, 1.807) is 31.2 Å². The predicted octanol–water partition coefficient (Wildman–Crippen LogP) is 5.79. The quantitative estimate of drug-likeness (QED) is 0.345. The zero-order valence-electron chi connectivity index (χ0n) is 24.2. The second-order valence-electron chi connectivity index (χ2n) is 11.1. The standard InChI is InChI=1S/C31H38ClN3O4S/c1-21-12-16-27(17-13-21)40(38,39)35(26-15-14-23(3)28(32)18-26)20-29(36)34(19-25-11-9-8-10-22(25)2)24(4)30(37)33-31(5,6)7/h8-18,24H,19-20H2,1-7H3,(H,33,37)/t24-/m1/s1. The fourth-order valence-electron chi connectivity index (χ4n) is 4.13. The van der Waals surface area contributed by atoms with Gasteiger partial charge in [-0.05, 0) is 89.4 Å². The van der Waals surface area contributed by atoms with Crippen molar-refractivity contribution in [1.82, 2.24) is 10.2 Å². The summed E-state index contributed by atoms with van der Waals surface area (Å²) in [5.41, 5.74) is 3.24.